The molecular formula is C18H17N5O4S2. The molecule has 0 spiro atoms. The molecule has 4 rings (SSSR count). The maximum atomic E-state index is 12.8. The quantitative estimate of drug-likeness (QED) is 0.600. The van der Waals surface area contributed by atoms with Gasteiger partial charge in [-0.2, -0.15) is 14.2 Å². The van der Waals surface area contributed by atoms with E-state index in [0.717, 1.165) is 4.88 Å². The molecule has 29 heavy (non-hydrogen) atoms. The third-order valence-electron chi connectivity index (χ3n) is 4.62. The summed E-state index contributed by atoms with van der Waals surface area (Å²) >= 11 is 1.43. The molecule has 1 fully saturated rings. The summed E-state index contributed by atoms with van der Waals surface area (Å²) in [5, 5.41) is 15.0. The van der Waals surface area contributed by atoms with Crippen LogP contribution in [0, 0.1) is 11.3 Å². The number of thiophene rings is 1. The first-order valence-electron chi connectivity index (χ1n) is 8.82. The van der Waals surface area contributed by atoms with Crippen molar-refractivity contribution in [2.45, 2.75) is 11.6 Å². The van der Waals surface area contributed by atoms with Gasteiger partial charge >= 0.3 is 5.76 Å². The number of hydrogen-bond donors (Lipinski definition) is 0. The second-order valence-electron chi connectivity index (χ2n) is 6.45. The van der Waals surface area contributed by atoms with Crippen molar-refractivity contribution in [3.05, 3.63) is 57.9 Å². The maximum Gasteiger partial charge on any atom is 0.438 e. The van der Waals surface area contributed by atoms with E-state index in [1.165, 1.54) is 44.6 Å². The molecule has 0 N–H and O–H groups in total. The normalized spacial score (nSPS) is 16.0. The molecular weight excluding hydrogens is 414 g/mol. The van der Waals surface area contributed by atoms with Crippen molar-refractivity contribution in [2.75, 3.05) is 26.2 Å². The molecule has 0 aliphatic carbocycles. The summed E-state index contributed by atoms with van der Waals surface area (Å²) in [6, 6.07) is 11.5. The van der Waals surface area contributed by atoms with Crippen molar-refractivity contribution >= 4 is 21.4 Å². The smallest absolute Gasteiger partial charge is 0.387 e. The van der Waals surface area contributed by atoms with Crippen LogP contribution in [0.4, 0.5) is 0 Å². The summed E-state index contributed by atoms with van der Waals surface area (Å²) in [6.45, 7) is 1.75. The highest BCUT2D eigenvalue weighted by Gasteiger charge is 2.29. The topological polar surface area (TPSA) is 112 Å². The molecule has 1 saturated heterocycles. The Balaban J connectivity index is 1.41. The van der Waals surface area contributed by atoms with E-state index in [1.807, 2.05) is 28.5 Å². The Morgan fingerprint density at radius 1 is 1.14 bits per heavy atom. The highest BCUT2D eigenvalue weighted by Crippen LogP contribution is 2.21. The summed E-state index contributed by atoms with van der Waals surface area (Å²) in [6.07, 6.45) is 0. The van der Waals surface area contributed by atoms with Crippen LogP contribution in [0.1, 0.15) is 5.56 Å². The van der Waals surface area contributed by atoms with Gasteiger partial charge in [-0.3, -0.25) is 4.90 Å². The zero-order valence-electron chi connectivity index (χ0n) is 15.3. The standard InChI is InChI=1S/C18H17N5O4S2/c19-12-14-3-5-15(6-4-14)29(25,26)22-9-7-21(8-10-22)13-23-18(24)27-17(20-23)16-2-1-11-28-16/h1-6,11H,7-10,13H2. The number of hydrogen-bond acceptors (Lipinski definition) is 8. The van der Waals surface area contributed by atoms with E-state index in [1.54, 1.807) is 0 Å². The van der Waals surface area contributed by atoms with E-state index >= 15 is 0 Å². The van der Waals surface area contributed by atoms with Gasteiger partial charge in [-0.15, -0.1) is 16.4 Å². The summed E-state index contributed by atoms with van der Waals surface area (Å²) in [5.41, 5.74) is 0.411. The first-order valence-corrected chi connectivity index (χ1v) is 11.1. The number of nitrogens with zero attached hydrogens (tertiary/aromatic N) is 5. The zero-order valence-corrected chi connectivity index (χ0v) is 16.9. The number of piperazine rings is 1. The molecule has 0 amide bonds. The van der Waals surface area contributed by atoms with E-state index in [9.17, 15) is 13.2 Å². The SMILES string of the molecule is N#Cc1ccc(S(=O)(=O)N2CCN(Cn3nc(-c4cccs4)oc3=O)CC2)cc1. The Bertz CT molecular complexity index is 1180. The van der Waals surface area contributed by atoms with E-state index < -0.39 is 15.8 Å². The third kappa shape index (κ3) is 4.01. The number of aromatic nitrogens is 2. The zero-order chi connectivity index (χ0) is 20.4. The molecule has 0 bridgehead atoms. The molecule has 9 nitrogen and oxygen atoms in total. The Morgan fingerprint density at radius 3 is 2.48 bits per heavy atom. The van der Waals surface area contributed by atoms with Crippen LogP contribution >= 0.6 is 11.3 Å². The molecule has 0 saturated carbocycles. The second-order valence-corrected chi connectivity index (χ2v) is 9.34. The van der Waals surface area contributed by atoms with Crippen molar-refractivity contribution in [2.24, 2.45) is 0 Å². The average Bonchev–Trinajstić information content (AvgIpc) is 3.39. The van der Waals surface area contributed by atoms with Crippen molar-refractivity contribution in [3.8, 4) is 16.8 Å². The van der Waals surface area contributed by atoms with Gasteiger partial charge in [-0.1, -0.05) is 6.07 Å². The van der Waals surface area contributed by atoms with Crippen LogP contribution in [0.25, 0.3) is 10.8 Å². The molecule has 150 valence electrons. The minimum Gasteiger partial charge on any atom is -0.387 e. The van der Waals surface area contributed by atoms with Crippen LogP contribution in [0.2, 0.25) is 0 Å². The Hall–Kier alpha value is -2.78. The molecule has 1 aliphatic rings. The molecule has 0 radical (unpaired) electrons. The molecule has 1 aromatic carbocycles. The van der Waals surface area contributed by atoms with Gasteiger partial charge < -0.3 is 4.42 Å². The molecule has 3 heterocycles. The summed E-state index contributed by atoms with van der Waals surface area (Å²) in [7, 11) is -3.62. The number of rotatable bonds is 5. The lowest BCUT2D eigenvalue weighted by Gasteiger charge is -2.33. The first kappa shape index (κ1) is 19.5. The second kappa shape index (κ2) is 7.92. The van der Waals surface area contributed by atoms with E-state index in [-0.39, 0.29) is 17.5 Å². The van der Waals surface area contributed by atoms with Gasteiger partial charge in [-0.05, 0) is 35.7 Å². The lowest BCUT2D eigenvalue weighted by atomic mass is 10.2. The van der Waals surface area contributed by atoms with Crippen LogP contribution in [-0.2, 0) is 16.7 Å². The van der Waals surface area contributed by atoms with Crippen LogP contribution < -0.4 is 5.76 Å². The first-order chi connectivity index (χ1) is 14.0. The highest BCUT2D eigenvalue weighted by molar-refractivity contribution is 7.89. The van der Waals surface area contributed by atoms with Gasteiger partial charge in [-0.25, -0.2) is 13.2 Å². The van der Waals surface area contributed by atoms with Gasteiger partial charge in [0.25, 0.3) is 5.89 Å². The fourth-order valence-electron chi connectivity index (χ4n) is 3.05. The predicted molar refractivity (Wildman–Crippen MR) is 106 cm³/mol. The fourth-order valence-corrected chi connectivity index (χ4v) is 5.11. The molecule has 11 heteroatoms. The Labute approximate surface area is 171 Å². The van der Waals surface area contributed by atoms with Crippen LogP contribution in [0.15, 0.2) is 55.9 Å². The average molecular weight is 431 g/mol. The lowest BCUT2D eigenvalue weighted by Crippen LogP contribution is -2.49. The van der Waals surface area contributed by atoms with Crippen molar-refractivity contribution < 1.29 is 12.8 Å². The summed E-state index contributed by atoms with van der Waals surface area (Å²) < 4.78 is 33.4. The number of benzene rings is 1. The van der Waals surface area contributed by atoms with Crippen molar-refractivity contribution in [1.29, 1.82) is 5.26 Å². The maximum absolute atomic E-state index is 12.8. The van der Waals surface area contributed by atoms with Gasteiger partial charge in [0.1, 0.15) is 6.67 Å². The predicted octanol–water partition coefficient (Wildman–Crippen LogP) is 1.40. The number of nitriles is 1. The molecule has 1 aliphatic heterocycles. The minimum absolute atomic E-state index is 0.165. The van der Waals surface area contributed by atoms with E-state index in [0.29, 0.717) is 31.7 Å². The molecule has 3 aromatic rings. The van der Waals surface area contributed by atoms with Gasteiger partial charge in [0.05, 0.1) is 21.4 Å². The van der Waals surface area contributed by atoms with Gasteiger partial charge in [0.2, 0.25) is 10.0 Å². The molecule has 2 aromatic heterocycles. The number of sulfonamides is 1. The van der Waals surface area contributed by atoms with E-state index in [2.05, 4.69) is 5.10 Å². The van der Waals surface area contributed by atoms with Crippen LogP contribution in [0.3, 0.4) is 0 Å². The Kier molecular flexibility index (Phi) is 5.33. The van der Waals surface area contributed by atoms with E-state index in [4.69, 9.17) is 9.68 Å². The minimum atomic E-state index is -3.62. The van der Waals surface area contributed by atoms with Crippen LogP contribution in [-0.4, -0.2) is 53.6 Å². The Morgan fingerprint density at radius 2 is 1.86 bits per heavy atom. The van der Waals surface area contributed by atoms with Gasteiger partial charge in [0.15, 0.2) is 0 Å². The summed E-state index contributed by atoms with van der Waals surface area (Å²) in [5.74, 6) is -0.256. The third-order valence-corrected chi connectivity index (χ3v) is 7.40. The van der Waals surface area contributed by atoms with Gasteiger partial charge in [0, 0.05) is 26.2 Å². The molecule has 0 unspecified atom stereocenters. The van der Waals surface area contributed by atoms with Crippen LogP contribution in [0.5, 0.6) is 0 Å². The largest absolute Gasteiger partial charge is 0.438 e. The monoisotopic (exact) mass is 431 g/mol. The van der Waals surface area contributed by atoms with Crippen molar-refractivity contribution in [3.63, 3.8) is 0 Å². The van der Waals surface area contributed by atoms with Crippen molar-refractivity contribution in [1.82, 2.24) is 19.0 Å². The molecule has 0 atom stereocenters. The summed E-state index contributed by atoms with van der Waals surface area (Å²) in [4.78, 5) is 14.9. The fraction of sp³-hybridized carbons (Fsp3) is 0.278. The highest BCUT2D eigenvalue weighted by atomic mass is 32.2. The lowest BCUT2D eigenvalue weighted by molar-refractivity contribution is 0.142.